The lowest BCUT2D eigenvalue weighted by molar-refractivity contribution is -0.203. The molecule has 6 heteroatoms. The van der Waals surface area contributed by atoms with Gasteiger partial charge in [0.15, 0.2) is 0 Å². The van der Waals surface area contributed by atoms with Gasteiger partial charge >= 0.3 is 0 Å². The normalized spacial score (nSPS) is 24.9. The van der Waals surface area contributed by atoms with Gasteiger partial charge in [0.25, 0.3) is 0 Å². The monoisotopic (exact) mass is 552 g/mol. The molecule has 2 fully saturated rings. The van der Waals surface area contributed by atoms with Crippen LogP contribution in [-0.4, -0.2) is 43.7 Å². The zero-order valence-corrected chi connectivity index (χ0v) is 23.2. The molecule has 0 aromatic heterocycles. The van der Waals surface area contributed by atoms with E-state index in [9.17, 15) is 0 Å². The summed E-state index contributed by atoms with van der Waals surface area (Å²) in [6, 6.07) is 38.5. The third-order valence-electron chi connectivity index (χ3n) is 7.64. The molecule has 0 amide bonds. The Kier molecular flexibility index (Phi) is 9.05. The molecule has 1 aliphatic heterocycles. The third kappa shape index (κ3) is 7.04. The maximum Gasteiger partial charge on any atom is 0.118 e. The van der Waals surface area contributed by atoms with Gasteiger partial charge in [-0.3, -0.25) is 0 Å². The lowest BCUT2D eigenvalue weighted by Crippen LogP contribution is -2.57. The standard InChI is InChI=1S/C35H36O6/c1-36-29-19-17-28(18-20-29)24-40-33-31(38-22-26-13-7-3-8-14-26)30(37-21-25-11-5-2-6-12-25)32(34-35(33)41-34)39-23-27-15-9-4-10-16-27/h2-20,30-35H,21-24H2,1H3/t30-,31-,32+,33+,34+,35-/m0/s1. The highest BCUT2D eigenvalue weighted by atomic mass is 16.7. The van der Waals surface area contributed by atoms with Crippen molar-refractivity contribution in [2.45, 2.75) is 63.1 Å². The van der Waals surface area contributed by atoms with Gasteiger partial charge in [-0.05, 0) is 34.4 Å². The Bertz CT molecular complexity index is 1330. The van der Waals surface area contributed by atoms with Gasteiger partial charge in [0, 0.05) is 0 Å². The van der Waals surface area contributed by atoms with Crippen molar-refractivity contribution in [2.75, 3.05) is 7.11 Å². The molecule has 1 saturated carbocycles. The minimum absolute atomic E-state index is 0.128. The van der Waals surface area contributed by atoms with Crippen molar-refractivity contribution in [1.82, 2.24) is 0 Å². The number of hydrogen-bond acceptors (Lipinski definition) is 6. The highest BCUT2D eigenvalue weighted by Gasteiger charge is 2.63. The largest absolute Gasteiger partial charge is 0.497 e. The van der Waals surface area contributed by atoms with E-state index in [1.807, 2.05) is 78.9 Å². The Morgan fingerprint density at radius 2 is 0.780 bits per heavy atom. The molecule has 0 unspecified atom stereocenters. The maximum atomic E-state index is 6.66. The topological polar surface area (TPSA) is 58.7 Å². The molecule has 1 aliphatic carbocycles. The zero-order valence-electron chi connectivity index (χ0n) is 23.2. The predicted octanol–water partition coefficient (Wildman–Crippen LogP) is 6.12. The van der Waals surface area contributed by atoms with E-state index in [0.717, 1.165) is 28.0 Å². The van der Waals surface area contributed by atoms with Crippen molar-refractivity contribution in [2.24, 2.45) is 0 Å². The first kappa shape index (κ1) is 27.6. The average Bonchev–Trinajstić information content (AvgIpc) is 3.83. The average molecular weight is 553 g/mol. The third-order valence-corrected chi connectivity index (χ3v) is 7.64. The quantitative estimate of drug-likeness (QED) is 0.186. The molecule has 0 bridgehead atoms. The van der Waals surface area contributed by atoms with Crippen LogP contribution >= 0.6 is 0 Å². The van der Waals surface area contributed by atoms with Gasteiger partial charge in [-0.25, -0.2) is 0 Å². The molecule has 6 nitrogen and oxygen atoms in total. The molecule has 0 N–H and O–H groups in total. The van der Waals surface area contributed by atoms with Crippen LogP contribution in [0.1, 0.15) is 22.3 Å². The summed E-state index contributed by atoms with van der Waals surface area (Å²) in [7, 11) is 1.67. The minimum Gasteiger partial charge on any atom is -0.497 e. The second-order valence-corrected chi connectivity index (χ2v) is 10.5. The first-order valence-corrected chi connectivity index (χ1v) is 14.1. The predicted molar refractivity (Wildman–Crippen MR) is 155 cm³/mol. The van der Waals surface area contributed by atoms with E-state index in [0.29, 0.717) is 26.4 Å². The summed E-state index contributed by atoms with van der Waals surface area (Å²) in [5.41, 5.74) is 4.33. The number of methoxy groups -OCH3 is 1. The van der Waals surface area contributed by atoms with Crippen molar-refractivity contribution >= 4 is 0 Å². The molecule has 1 heterocycles. The first-order valence-electron chi connectivity index (χ1n) is 14.1. The van der Waals surface area contributed by atoms with Gasteiger partial charge in [-0.15, -0.1) is 0 Å². The van der Waals surface area contributed by atoms with Crippen molar-refractivity contribution in [3.63, 3.8) is 0 Å². The zero-order chi connectivity index (χ0) is 27.9. The van der Waals surface area contributed by atoms with Crippen LogP contribution in [-0.2, 0) is 50.1 Å². The van der Waals surface area contributed by atoms with Crippen molar-refractivity contribution in [1.29, 1.82) is 0 Å². The fourth-order valence-corrected chi connectivity index (χ4v) is 5.39. The highest BCUT2D eigenvalue weighted by Crippen LogP contribution is 2.44. The fourth-order valence-electron chi connectivity index (χ4n) is 5.39. The van der Waals surface area contributed by atoms with Crippen LogP contribution in [0.3, 0.4) is 0 Å². The van der Waals surface area contributed by atoms with E-state index in [2.05, 4.69) is 36.4 Å². The Labute approximate surface area is 241 Å². The molecule has 212 valence electrons. The summed E-state index contributed by atoms with van der Waals surface area (Å²) in [5, 5.41) is 0. The van der Waals surface area contributed by atoms with E-state index in [-0.39, 0.29) is 24.4 Å². The summed E-state index contributed by atoms with van der Waals surface area (Å²) < 4.78 is 38.0. The van der Waals surface area contributed by atoms with E-state index < -0.39 is 12.2 Å². The van der Waals surface area contributed by atoms with Gasteiger partial charge < -0.3 is 28.4 Å². The van der Waals surface area contributed by atoms with E-state index in [1.54, 1.807) is 7.11 Å². The van der Waals surface area contributed by atoms with Crippen LogP contribution in [0.15, 0.2) is 115 Å². The van der Waals surface area contributed by atoms with Crippen LogP contribution in [0.25, 0.3) is 0 Å². The molecule has 4 aromatic carbocycles. The Hall–Kier alpha value is -3.52. The number of rotatable bonds is 13. The lowest BCUT2D eigenvalue weighted by Gasteiger charge is -2.40. The van der Waals surface area contributed by atoms with Crippen molar-refractivity contribution < 1.29 is 28.4 Å². The maximum absolute atomic E-state index is 6.66. The summed E-state index contributed by atoms with van der Waals surface area (Å²) in [4.78, 5) is 0. The molecular weight excluding hydrogens is 516 g/mol. The van der Waals surface area contributed by atoms with Gasteiger partial charge in [0.05, 0.1) is 33.5 Å². The van der Waals surface area contributed by atoms with Crippen LogP contribution in [0, 0.1) is 0 Å². The summed E-state index contributed by atoms with van der Waals surface area (Å²) in [6.07, 6.45) is -1.68. The Morgan fingerprint density at radius 3 is 1.15 bits per heavy atom. The number of ether oxygens (including phenoxy) is 6. The van der Waals surface area contributed by atoms with Gasteiger partial charge in [-0.1, -0.05) is 103 Å². The second-order valence-electron chi connectivity index (χ2n) is 10.5. The Balaban J connectivity index is 1.24. The van der Waals surface area contributed by atoms with Gasteiger partial charge in [0.1, 0.15) is 42.4 Å². The smallest absolute Gasteiger partial charge is 0.118 e. The SMILES string of the molecule is COc1ccc(CO[C@@H]2[C@@H](OCc3ccccc3)[C@H](OCc3ccccc3)[C@@H](OCc3ccccc3)[C@H]3O[C@@H]23)cc1. The van der Waals surface area contributed by atoms with Crippen LogP contribution in [0.5, 0.6) is 5.75 Å². The highest BCUT2D eigenvalue weighted by molar-refractivity contribution is 5.27. The number of hydrogen-bond donors (Lipinski definition) is 0. The molecule has 1 saturated heterocycles. The number of fused-ring (bicyclic) bond motifs is 1. The lowest BCUT2D eigenvalue weighted by atomic mass is 9.88. The number of epoxide rings is 1. The van der Waals surface area contributed by atoms with Crippen LogP contribution in [0.4, 0.5) is 0 Å². The fraction of sp³-hybridized carbons (Fsp3) is 0.314. The molecular formula is C35H36O6. The molecule has 4 aromatic rings. The minimum atomic E-state index is -0.401. The molecule has 2 aliphatic rings. The van der Waals surface area contributed by atoms with E-state index in [1.165, 1.54) is 0 Å². The summed E-state index contributed by atoms with van der Waals surface area (Å²) in [5.74, 6) is 0.814. The van der Waals surface area contributed by atoms with Gasteiger partial charge in [0.2, 0.25) is 0 Å². The molecule has 0 spiro atoms. The van der Waals surface area contributed by atoms with E-state index in [4.69, 9.17) is 28.4 Å². The molecule has 6 rings (SSSR count). The van der Waals surface area contributed by atoms with Crippen LogP contribution < -0.4 is 4.74 Å². The summed E-state index contributed by atoms with van der Waals surface area (Å²) in [6.45, 7) is 1.76. The van der Waals surface area contributed by atoms with Crippen molar-refractivity contribution in [3.8, 4) is 5.75 Å². The van der Waals surface area contributed by atoms with Gasteiger partial charge in [-0.2, -0.15) is 0 Å². The Morgan fingerprint density at radius 1 is 0.439 bits per heavy atom. The molecule has 0 radical (unpaired) electrons. The van der Waals surface area contributed by atoms with Crippen LogP contribution in [0.2, 0.25) is 0 Å². The van der Waals surface area contributed by atoms with Crippen molar-refractivity contribution in [3.05, 3.63) is 138 Å². The summed E-state index contributed by atoms with van der Waals surface area (Å²) >= 11 is 0. The molecule has 6 atom stereocenters. The molecule has 41 heavy (non-hydrogen) atoms. The first-order chi connectivity index (χ1) is 20.3. The number of benzene rings is 4. The second kappa shape index (κ2) is 13.4. The van der Waals surface area contributed by atoms with E-state index >= 15 is 0 Å².